The van der Waals surface area contributed by atoms with Gasteiger partial charge in [-0.05, 0) is 5.56 Å². The van der Waals surface area contributed by atoms with E-state index in [0.29, 0.717) is 5.57 Å². The Morgan fingerprint density at radius 1 is 1.40 bits per heavy atom. The summed E-state index contributed by atoms with van der Waals surface area (Å²) >= 11 is 0. The van der Waals surface area contributed by atoms with E-state index in [1.807, 2.05) is 30.3 Å². The number of carbonyl (C=O) groups is 1. The average molecular weight is 204 g/mol. The fourth-order valence-electron chi connectivity index (χ4n) is 1.67. The molecular formula is C12H12O3. The molecule has 0 amide bonds. The molecule has 3 nitrogen and oxygen atoms in total. The lowest BCUT2D eigenvalue weighted by molar-refractivity contribution is -0.135. The van der Waals surface area contributed by atoms with Crippen LogP contribution in [0, 0.1) is 5.92 Å². The third-order valence-corrected chi connectivity index (χ3v) is 2.63. The molecule has 15 heavy (non-hydrogen) atoms. The highest BCUT2D eigenvalue weighted by atomic mass is 16.5. The normalized spacial score (nSPS) is 22.6. The Kier molecular flexibility index (Phi) is 2.56. The van der Waals surface area contributed by atoms with Crippen LogP contribution in [0.3, 0.4) is 0 Å². The van der Waals surface area contributed by atoms with Gasteiger partial charge in [-0.25, -0.2) is 4.79 Å². The lowest BCUT2D eigenvalue weighted by Crippen LogP contribution is -2.14. The summed E-state index contributed by atoms with van der Waals surface area (Å²) in [7, 11) is 0. The first-order valence-corrected chi connectivity index (χ1v) is 4.79. The standard InChI is InChI=1S/C12H12O3/c1-8-10(7-15-12(8)14)11(13)9-5-3-2-4-6-9/h2-6,10-11,13H,1,7H2/t10-,11+/m1/s1. The highest BCUT2D eigenvalue weighted by Gasteiger charge is 2.34. The lowest BCUT2D eigenvalue weighted by atomic mass is 9.92. The Labute approximate surface area is 88.0 Å². The molecule has 1 fully saturated rings. The van der Waals surface area contributed by atoms with Crippen LogP contribution in [0.25, 0.3) is 0 Å². The minimum atomic E-state index is -0.717. The second-order valence-corrected chi connectivity index (χ2v) is 3.59. The van der Waals surface area contributed by atoms with Crippen LogP contribution in [0.15, 0.2) is 42.5 Å². The maximum absolute atomic E-state index is 11.1. The zero-order valence-electron chi connectivity index (χ0n) is 8.22. The summed E-state index contributed by atoms with van der Waals surface area (Å²) < 4.78 is 4.82. The summed E-state index contributed by atoms with van der Waals surface area (Å²) in [4.78, 5) is 11.1. The highest BCUT2D eigenvalue weighted by Crippen LogP contribution is 2.31. The fourth-order valence-corrected chi connectivity index (χ4v) is 1.67. The van der Waals surface area contributed by atoms with Crippen molar-refractivity contribution in [2.45, 2.75) is 6.10 Å². The fraction of sp³-hybridized carbons (Fsp3) is 0.250. The highest BCUT2D eigenvalue weighted by molar-refractivity contribution is 5.90. The van der Waals surface area contributed by atoms with Crippen molar-refractivity contribution in [3.63, 3.8) is 0 Å². The number of benzene rings is 1. The zero-order chi connectivity index (χ0) is 10.8. The molecule has 1 saturated heterocycles. The molecule has 78 valence electrons. The molecule has 2 rings (SSSR count). The van der Waals surface area contributed by atoms with Crippen LogP contribution in [-0.4, -0.2) is 17.7 Å². The first kappa shape index (κ1) is 9.93. The van der Waals surface area contributed by atoms with Gasteiger partial charge in [0.05, 0.1) is 12.0 Å². The number of cyclic esters (lactones) is 1. The van der Waals surface area contributed by atoms with Crippen LogP contribution in [0.1, 0.15) is 11.7 Å². The van der Waals surface area contributed by atoms with E-state index in [-0.39, 0.29) is 12.5 Å². The number of esters is 1. The van der Waals surface area contributed by atoms with Gasteiger partial charge in [0.25, 0.3) is 0 Å². The number of carbonyl (C=O) groups excluding carboxylic acids is 1. The number of rotatable bonds is 2. The molecule has 0 radical (unpaired) electrons. The summed E-state index contributed by atoms with van der Waals surface area (Å²) in [5.41, 5.74) is 1.13. The predicted molar refractivity (Wildman–Crippen MR) is 55.0 cm³/mol. The van der Waals surface area contributed by atoms with Crippen LogP contribution in [0.5, 0.6) is 0 Å². The van der Waals surface area contributed by atoms with E-state index in [4.69, 9.17) is 4.74 Å². The van der Waals surface area contributed by atoms with Crippen LogP contribution in [0.2, 0.25) is 0 Å². The van der Waals surface area contributed by atoms with E-state index in [9.17, 15) is 9.90 Å². The largest absolute Gasteiger partial charge is 0.462 e. The Bertz CT molecular complexity index is 383. The smallest absolute Gasteiger partial charge is 0.333 e. The minimum absolute atomic E-state index is 0.216. The summed E-state index contributed by atoms with van der Waals surface area (Å²) in [6.45, 7) is 3.84. The van der Waals surface area contributed by atoms with E-state index in [2.05, 4.69) is 6.58 Å². The van der Waals surface area contributed by atoms with Gasteiger partial charge in [-0.1, -0.05) is 36.9 Å². The van der Waals surface area contributed by atoms with Crippen LogP contribution >= 0.6 is 0 Å². The number of hydrogen-bond acceptors (Lipinski definition) is 3. The summed E-state index contributed by atoms with van der Waals surface area (Å²) in [5.74, 6) is -0.727. The number of aliphatic hydroxyl groups is 1. The number of ether oxygens (including phenoxy) is 1. The Hall–Kier alpha value is -1.61. The molecule has 0 spiro atoms. The SMILES string of the molecule is C=C1C(=O)OC[C@H]1[C@@H](O)c1ccccc1. The minimum Gasteiger partial charge on any atom is -0.462 e. The van der Waals surface area contributed by atoms with E-state index in [0.717, 1.165) is 5.56 Å². The monoisotopic (exact) mass is 204 g/mol. The molecule has 1 aliphatic rings. The van der Waals surface area contributed by atoms with Crippen molar-refractivity contribution in [3.8, 4) is 0 Å². The quantitative estimate of drug-likeness (QED) is 0.586. The van der Waals surface area contributed by atoms with Gasteiger partial charge in [-0.3, -0.25) is 0 Å². The molecule has 0 aromatic heterocycles. The molecule has 0 unspecified atom stereocenters. The van der Waals surface area contributed by atoms with Gasteiger partial charge in [0.2, 0.25) is 0 Å². The topological polar surface area (TPSA) is 46.5 Å². The average Bonchev–Trinajstić information content (AvgIpc) is 2.60. The number of aliphatic hydroxyl groups excluding tert-OH is 1. The summed E-state index contributed by atoms with van der Waals surface area (Å²) in [6, 6.07) is 9.21. The van der Waals surface area contributed by atoms with Gasteiger partial charge in [0, 0.05) is 5.57 Å². The molecule has 1 heterocycles. The van der Waals surface area contributed by atoms with Crippen LogP contribution in [-0.2, 0) is 9.53 Å². The molecule has 0 aliphatic carbocycles. The van der Waals surface area contributed by atoms with Crippen molar-refractivity contribution in [2.24, 2.45) is 5.92 Å². The van der Waals surface area contributed by atoms with Crippen molar-refractivity contribution >= 4 is 5.97 Å². The van der Waals surface area contributed by atoms with Crippen LogP contribution in [0.4, 0.5) is 0 Å². The molecule has 1 aromatic rings. The third kappa shape index (κ3) is 1.78. The van der Waals surface area contributed by atoms with E-state index < -0.39 is 12.1 Å². The predicted octanol–water partition coefficient (Wildman–Crippen LogP) is 1.45. The van der Waals surface area contributed by atoms with Crippen molar-refractivity contribution in [3.05, 3.63) is 48.0 Å². The van der Waals surface area contributed by atoms with Gasteiger partial charge in [0.15, 0.2) is 0 Å². The van der Waals surface area contributed by atoms with Crippen molar-refractivity contribution in [1.29, 1.82) is 0 Å². The van der Waals surface area contributed by atoms with Crippen molar-refractivity contribution in [1.82, 2.24) is 0 Å². The molecule has 1 aromatic carbocycles. The van der Waals surface area contributed by atoms with Crippen molar-refractivity contribution in [2.75, 3.05) is 6.61 Å². The molecule has 2 atom stereocenters. The zero-order valence-corrected chi connectivity index (χ0v) is 8.22. The molecular weight excluding hydrogens is 192 g/mol. The Morgan fingerprint density at radius 2 is 2.07 bits per heavy atom. The molecule has 1 N–H and O–H groups in total. The molecule has 0 bridgehead atoms. The lowest BCUT2D eigenvalue weighted by Gasteiger charge is -2.16. The maximum Gasteiger partial charge on any atom is 0.333 e. The van der Waals surface area contributed by atoms with Gasteiger partial charge < -0.3 is 9.84 Å². The van der Waals surface area contributed by atoms with Gasteiger partial charge in [-0.15, -0.1) is 0 Å². The van der Waals surface area contributed by atoms with Crippen molar-refractivity contribution < 1.29 is 14.6 Å². The van der Waals surface area contributed by atoms with Gasteiger partial charge in [0.1, 0.15) is 6.61 Å². The van der Waals surface area contributed by atoms with E-state index in [1.54, 1.807) is 0 Å². The van der Waals surface area contributed by atoms with Gasteiger partial charge in [-0.2, -0.15) is 0 Å². The van der Waals surface area contributed by atoms with Gasteiger partial charge >= 0.3 is 5.97 Å². The van der Waals surface area contributed by atoms with Crippen LogP contribution < -0.4 is 0 Å². The summed E-state index contributed by atoms with van der Waals surface area (Å²) in [5, 5.41) is 10.0. The second kappa shape index (κ2) is 3.87. The van der Waals surface area contributed by atoms with E-state index in [1.165, 1.54) is 0 Å². The second-order valence-electron chi connectivity index (χ2n) is 3.59. The number of hydrogen-bond donors (Lipinski definition) is 1. The molecule has 1 aliphatic heterocycles. The van der Waals surface area contributed by atoms with E-state index >= 15 is 0 Å². The molecule has 0 saturated carbocycles. The molecule has 3 heteroatoms. The maximum atomic E-state index is 11.1. The Balaban J connectivity index is 2.19. The Morgan fingerprint density at radius 3 is 2.60 bits per heavy atom. The first-order valence-electron chi connectivity index (χ1n) is 4.79. The third-order valence-electron chi connectivity index (χ3n) is 2.63. The summed E-state index contributed by atoms with van der Waals surface area (Å²) in [6.07, 6.45) is -0.717. The first-order chi connectivity index (χ1) is 7.20.